The molecule has 0 fully saturated rings. The van der Waals surface area contributed by atoms with Crippen LogP contribution in [-0.2, 0) is 24.4 Å². The lowest BCUT2D eigenvalue weighted by Crippen LogP contribution is -2.07. The molecule has 0 radical (unpaired) electrons. The van der Waals surface area contributed by atoms with Gasteiger partial charge in [-0.25, -0.2) is 0 Å². The number of rotatable bonds is 7. The van der Waals surface area contributed by atoms with Gasteiger partial charge in [0.15, 0.2) is 0 Å². The second-order valence-corrected chi connectivity index (χ2v) is 5.08. The zero-order valence-electron chi connectivity index (χ0n) is 12.9. The molecule has 0 saturated heterocycles. The van der Waals surface area contributed by atoms with E-state index in [9.17, 15) is 0 Å². The van der Waals surface area contributed by atoms with Crippen LogP contribution in [0.2, 0.25) is 0 Å². The lowest BCUT2D eigenvalue weighted by molar-refractivity contribution is 0.185. The molecule has 1 heterocycles. The van der Waals surface area contributed by atoms with Crippen LogP contribution in [0.1, 0.15) is 22.5 Å². The number of methoxy groups -OCH3 is 1. The Kier molecular flexibility index (Phi) is 5.36. The molecule has 0 bridgehead atoms. The van der Waals surface area contributed by atoms with Crippen molar-refractivity contribution in [2.45, 2.75) is 33.5 Å². The van der Waals surface area contributed by atoms with Gasteiger partial charge in [0.25, 0.3) is 0 Å². The topological polar surface area (TPSA) is 59.3 Å². The number of benzene rings is 1. The van der Waals surface area contributed by atoms with Gasteiger partial charge in [-0.3, -0.25) is 4.68 Å². The quantitative estimate of drug-likeness (QED) is 0.821. The zero-order valence-corrected chi connectivity index (χ0v) is 12.9. The standard InChI is InChI=1S/C16H23N3O2/c1-12-16(13(2)19(18-12)7-8-20)10-17-15-6-4-5-14(9-15)11-21-3/h4-6,9,17,20H,7-8,10-11H2,1-3H3. The number of hydrogen-bond donors (Lipinski definition) is 2. The molecule has 2 rings (SSSR count). The third-order valence-corrected chi connectivity index (χ3v) is 3.55. The van der Waals surface area contributed by atoms with E-state index in [2.05, 4.69) is 16.5 Å². The summed E-state index contributed by atoms with van der Waals surface area (Å²) in [7, 11) is 1.70. The van der Waals surface area contributed by atoms with Crippen LogP contribution < -0.4 is 5.32 Å². The Morgan fingerprint density at radius 2 is 2.14 bits per heavy atom. The molecular formula is C16H23N3O2. The van der Waals surface area contributed by atoms with Crippen LogP contribution >= 0.6 is 0 Å². The third kappa shape index (κ3) is 3.83. The van der Waals surface area contributed by atoms with E-state index in [1.165, 1.54) is 5.56 Å². The van der Waals surface area contributed by atoms with E-state index in [-0.39, 0.29) is 6.61 Å². The molecule has 0 saturated carbocycles. The van der Waals surface area contributed by atoms with Crippen molar-refractivity contribution in [1.29, 1.82) is 0 Å². The van der Waals surface area contributed by atoms with Crippen LogP contribution in [0.25, 0.3) is 0 Å². The van der Waals surface area contributed by atoms with Gasteiger partial charge in [0.2, 0.25) is 0 Å². The number of aliphatic hydroxyl groups excluding tert-OH is 1. The number of anilines is 1. The fraction of sp³-hybridized carbons (Fsp3) is 0.438. The SMILES string of the molecule is COCc1cccc(NCc2c(C)nn(CCO)c2C)c1. The van der Waals surface area contributed by atoms with Crippen molar-refractivity contribution in [2.24, 2.45) is 0 Å². The van der Waals surface area contributed by atoms with Crippen LogP contribution in [-0.4, -0.2) is 28.6 Å². The van der Waals surface area contributed by atoms with Gasteiger partial charge in [0, 0.05) is 30.6 Å². The maximum atomic E-state index is 9.04. The molecule has 0 aliphatic rings. The van der Waals surface area contributed by atoms with Gasteiger partial charge in [0.05, 0.1) is 25.5 Å². The maximum absolute atomic E-state index is 9.04. The van der Waals surface area contributed by atoms with Crippen molar-refractivity contribution < 1.29 is 9.84 Å². The molecule has 0 unspecified atom stereocenters. The van der Waals surface area contributed by atoms with Gasteiger partial charge in [-0.1, -0.05) is 12.1 Å². The maximum Gasteiger partial charge on any atom is 0.0713 e. The smallest absolute Gasteiger partial charge is 0.0713 e. The van der Waals surface area contributed by atoms with E-state index in [0.717, 1.165) is 29.2 Å². The van der Waals surface area contributed by atoms with Gasteiger partial charge < -0.3 is 15.2 Å². The summed E-state index contributed by atoms with van der Waals surface area (Å²) in [6.07, 6.45) is 0. The average molecular weight is 289 g/mol. The summed E-state index contributed by atoms with van der Waals surface area (Å²) < 4.78 is 7.00. The van der Waals surface area contributed by atoms with Crippen molar-refractivity contribution in [3.8, 4) is 0 Å². The Morgan fingerprint density at radius 3 is 2.86 bits per heavy atom. The Balaban J connectivity index is 2.07. The highest BCUT2D eigenvalue weighted by Crippen LogP contribution is 2.17. The molecule has 0 aliphatic carbocycles. The first-order chi connectivity index (χ1) is 10.2. The number of aryl methyl sites for hydroxylation is 1. The molecule has 21 heavy (non-hydrogen) atoms. The molecule has 0 aliphatic heterocycles. The second-order valence-electron chi connectivity index (χ2n) is 5.08. The van der Waals surface area contributed by atoms with Crippen LogP contribution in [0, 0.1) is 13.8 Å². The number of nitrogens with one attached hydrogen (secondary N) is 1. The van der Waals surface area contributed by atoms with Crippen molar-refractivity contribution in [2.75, 3.05) is 19.0 Å². The Hall–Kier alpha value is -1.85. The fourth-order valence-electron chi connectivity index (χ4n) is 2.43. The van der Waals surface area contributed by atoms with Gasteiger partial charge in [-0.15, -0.1) is 0 Å². The van der Waals surface area contributed by atoms with Crippen LogP contribution in [0.4, 0.5) is 5.69 Å². The monoisotopic (exact) mass is 289 g/mol. The molecule has 2 aromatic rings. The van der Waals surface area contributed by atoms with Gasteiger partial charge in [0.1, 0.15) is 0 Å². The molecule has 1 aromatic heterocycles. The van der Waals surface area contributed by atoms with Crippen molar-refractivity contribution in [3.05, 3.63) is 46.8 Å². The normalized spacial score (nSPS) is 10.9. The third-order valence-electron chi connectivity index (χ3n) is 3.55. The van der Waals surface area contributed by atoms with Crippen LogP contribution in [0.3, 0.4) is 0 Å². The Bertz CT molecular complexity index is 593. The molecule has 0 amide bonds. The summed E-state index contributed by atoms with van der Waals surface area (Å²) in [6.45, 7) is 6.01. The summed E-state index contributed by atoms with van der Waals surface area (Å²) >= 11 is 0. The molecular weight excluding hydrogens is 266 g/mol. The Morgan fingerprint density at radius 1 is 1.33 bits per heavy atom. The highest BCUT2D eigenvalue weighted by molar-refractivity contribution is 5.46. The highest BCUT2D eigenvalue weighted by Gasteiger charge is 2.10. The summed E-state index contributed by atoms with van der Waals surface area (Å²) in [5.41, 5.74) is 5.49. The van der Waals surface area contributed by atoms with Crippen molar-refractivity contribution in [1.82, 2.24) is 9.78 Å². The minimum absolute atomic E-state index is 0.105. The number of aromatic nitrogens is 2. The molecule has 1 aromatic carbocycles. The summed E-state index contributed by atoms with van der Waals surface area (Å²) in [6, 6.07) is 8.20. The van der Waals surface area contributed by atoms with Crippen molar-refractivity contribution >= 4 is 5.69 Å². The molecule has 0 atom stereocenters. The highest BCUT2D eigenvalue weighted by atomic mass is 16.5. The van der Waals surface area contributed by atoms with Gasteiger partial charge in [-0.05, 0) is 31.5 Å². The van der Waals surface area contributed by atoms with Crippen molar-refractivity contribution in [3.63, 3.8) is 0 Å². The predicted molar refractivity (Wildman–Crippen MR) is 83.3 cm³/mol. The average Bonchev–Trinajstić information content (AvgIpc) is 2.73. The largest absolute Gasteiger partial charge is 0.394 e. The number of nitrogens with zero attached hydrogens (tertiary/aromatic N) is 2. The number of hydrogen-bond acceptors (Lipinski definition) is 4. The summed E-state index contributed by atoms with van der Waals surface area (Å²) in [5, 5.41) is 16.9. The Labute approximate surface area is 125 Å². The minimum atomic E-state index is 0.105. The molecule has 2 N–H and O–H groups in total. The van der Waals surface area contributed by atoms with E-state index in [0.29, 0.717) is 13.2 Å². The lowest BCUT2D eigenvalue weighted by Gasteiger charge is -2.09. The molecule has 5 nitrogen and oxygen atoms in total. The van der Waals surface area contributed by atoms with E-state index in [1.807, 2.05) is 36.7 Å². The first-order valence-electron chi connectivity index (χ1n) is 7.11. The predicted octanol–water partition coefficient (Wildman–Crippen LogP) is 2.25. The van der Waals surface area contributed by atoms with E-state index in [1.54, 1.807) is 7.11 Å². The van der Waals surface area contributed by atoms with Crippen LogP contribution in [0.15, 0.2) is 24.3 Å². The molecule has 0 spiro atoms. The minimum Gasteiger partial charge on any atom is -0.394 e. The number of ether oxygens (including phenoxy) is 1. The van der Waals surface area contributed by atoms with Gasteiger partial charge >= 0.3 is 0 Å². The van der Waals surface area contributed by atoms with E-state index in [4.69, 9.17) is 9.84 Å². The zero-order chi connectivity index (χ0) is 15.2. The van der Waals surface area contributed by atoms with Gasteiger partial charge in [-0.2, -0.15) is 5.10 Å². The molecule has 5 heteroatoms. The summed E-state index contributed by atoms with van der Waals surface area (Å²) in [5.74, 6) is 0. The first kappa shape index (κ1) is 15.5. The van der Waals surface area contributed by atoms with E-state index < -0.39 is 0 Å². The van der Waals surface area contributed by atoms with E-state index >= 15 is 0 Å². The summed E-state index contributed by atoms with van der Waals surface area (Å²) in [4.78, 5) is 0. The second kappa shape index (κ2) is 7.24. The van der Waals surface area contributed by atoms with Crippen LogP contribution in [0.5, 0.6) is 0 Å². The molecule has 114 valence electrons. The number of aliphatic hydroxyl groups is 1. The fourth-order valence-corrected chi connectivity index (χ4v) is 2.43. The lowest BCUT2D eigenvalue weighted by atomic mass is 10.1. The first-order valence-corrected chi connectivity index (χ1v) is 7.11.